The summed E-state index contributed by atoms with van der Waals surface area (Å²) in [6.45, 7) is 1.42. The highest BCUT2D eigenvalue weighted by atomic mass is 16.4. The summed E-state index contributed by atoms with van der Waals surface area (Å²) < 4.78 is 0. The maximum Gasteiger partial charge on any atom is 0.325 e. The molecule has 0 aromatic carbocycles. The summed E-state index contributed by atoms with van der Waals surface area (Å²) in [5.74, 6) is -1.05. The quantitative estimate of drug-likeness (QED) is 0.548. The van der Waals surface area contributed by atoms with Crippen LogP contribution in [0, 0.1) is 0 Å². The zero-order valence-electron chi connectivity index (χ0n) is 9.40. The first-order valence-electron chi connectivity index (χ1n) is 5.56. The Hall–Kier alpha value is -1.30. The highest BCUT2D eigenvalue weighted by Crippen LogP contribution is 2.16. The summed E-state index contributed by atoms with van der Waals surface area (Å²) in [6, 6.07) is -1.42. The molecule has 92 valence electrons. The molecule has 0 bridgehead atoms. The van der Waals surface area contributed by atoms with E-state index in [1.54, 1.807) is 0 Å². The topological polar surface area (TPSA) is 104 Å². The fraction of sp³-hybridized carbons (Fsp3) is 0.800. The Morgan fingerprint density at radius 2 is 2.00 bits per heavy atom. The minimum Gasteiger partial charge on any atom is -0.480 e. The van der Waals surface area contributed by atoms with E-state index in [1.165, 1.54) is 6.92 Å². The molecule has 1 aliphatic rings. The van der Waals surface area contributed by atoms with Crippen molar-refractivity contribution in [2.24, 2.45) is 5.73 Å². The summed E-state index contributed by atoms with van der Waals surface area (Å²) in [5.41, 5.74) is 5.86. The molecule has 0 aromatic heterocycles. The van der Waals surface area contributed by atoms with Crippen LogP contribution in [0.2, 0.25) is 0 Å². The van der Waals surface area contributed by atoms with Gasteiger partial charge in [-0.05, 0) is 19.8 Å². The molecular weight excluding hydrogens is 210 g/mol. The van der Waals surface area contributed by atoms with Crippen LogP contribution in [-0.4, -0.2) is 35.2 Å². The minimum absolute atomic E-state index is 0.0281. The van der Waals surface area contributed by atoms with Crippen LogP contribution in [0.25, 0.3) is 0 Å². The van der Waals surface area contributed by atoms with Crippen molar-refractivity contribution < 1.29 is 14.7 Å². The number of urea groups is 1. The maximum absolute atomic E-state index is 11.4. The normalized spacial score (nSPS) is 26.9. The molecule has 6 heteroatoms. The molecule has 1 fully saturated rings. The molecule has 0 aromatic rings. The van der Waals surface area contributed by atoms with Gasteiger partial charge >= 0.3 is 12.0 Å². The van der Waals surface area contributed by atoms with E-state index < -0.39 is 18.0 Å². The van der Waals surface area contributed by atoms with Gasteiger partial charge in [0.15, 0.2) is 0 Å². The van der Waals surface area contributed by atoms with Crippen molar-refractivity contribution in [1.29, 1.82) is 0 Å². The van der Waals surface area contributed by atoms with Crippen molar-refractivity contribution in [2.75, 3.05) is 0 Å². The molecule has 16 heavy (non-hydrogen) atoms. The zero-order chi connectivity index (χ0) is 12.1. The van der Waals surface area contributed by atoms with E-state index >= 15 is 0 Å². The lowest BCUT2D eigenvalue weighted by molar-refractivity contribution is -0.138. The Labute approximate surface area is 94.6 Å². The van der Waals surface area contributed by atoms with Gasteiger partial charge in [-0.25, -0.2) is 4.79 Å². The van der Waals surface area contributed by atoms with Gasteiger partial charge in [-0.15, -0.1) is 0 Å². The third-order valence-electron chi connectivity index (χ3n) is 2.85. The van der Waals surface area contributed by atoms with Crippen LogP contribution < -0.4 is 16.4 Å². The molecule has 0 heterocycles. The van der Waals surface area contributed by atoms with Gasteiger partial charge in [-0.3, -0.25) is 4.79 Å². The van der Waals surface area contributed by atoms with Gasteiger partial charge in [-0.2, -0.15) is 0 Å². The molecule has 5 N–H and O–H groups in total. The van der Waals surface area contributed by atoms with Gasteiger partial charge in [0.25, 0.3) is 0 Å². The molecule has 0 saturated heterocycles. The van der Waals surface area contributed by atoms with Crippen LogP contribution in [0.3, 0.4) is 0 Å². The maximum atomic E-state index is 11.4. The number of hydrogen-bond donors (Lipinski definition) is 4. The van der Waals surface area contributed by atoms with Gasteiger partial charge in [0.1, 0.15) is 6.04 Å². The van der Waals surface area contributed by atoms with E-state index in [4.69, 9.17) is 10.8 Å². The molecule has 0 radical (unpaired) electrons. The van der Waals surface area contributed by atoms with Crippen molar-refractivity contribution in [2.45, 2.75) is 50.7 Å². The number of carbonyl (C=O) groups is 2. The average Bonchev–Trinajstić information content (AvgIpc) is 2.21. The molecule has 1 rings (SSSR count). The van der Waals surface area contributed by atoms with Crippen LogP contribution >= 0.6 is 0 Å². The van der Waals surface area contributed by atoms with Crippen LogP contribution in [0.4, 0.5) is 4.79 Å². The first kappa shape index (κ1) is 12.8. The highest BCUT2D eigenvalue weighted by molar-refractivity contribution is 5.82. The number of nitrogens with two attached hydrogens (primary N) is 1. The zero-order valence-corrected chi connectivity index (χ0v) is 9.40. The molecular formula is C10H19N3O3. The molecule has 2 amide bonds. The predicted molar refractivity (Wildman–Crippen MR) is 59.0 cm³/mol. The molecule has 0 spiro atoms. The first-order valence-corrected chi connectivity index (χ1v) is 5.56. The van der Waals surface area contributed by atoms with Gasteiger partial charge in [0.2, 0.25) is 0 Å². The van der Waals surface area contributed by atoms with E-state index in [1.807, 2.05) is 0 Å². The van der Waals surface area contributed by atoms with Crippen LogP contribution in [-0.2, 0) is 4.79 Å². The lowest BCUT2D eigenvalue weighted by atomic mass is 9.91. The molecule has 1 aliphatic carbocycles. The number of amides is 2. The fourth-order valence-electron chi connectivity index (χ4n) is 1.81. The Kier molecular flexibility index (Phi) is 4.54. The minimum atomic E-state index is -1.05. The Balaban J connectivity index is 2.35. The van der Waals surface area contributed by atoms with E-state index in [9.17, 15) is 9.59 Å². The molecule has 3 atom stereocenters. The monoisotopic (exact) mass is 229 g/mol. The average molecular weight is 229 g/mol. The lowest BCUT2D eigenvalue weighted by Crippen LogP contribution is -2.54. The van der Waals surface area contributed by atoms with E-state index in [0.717, 1.165) is 25.7 Å². The molecule has 6 nitrogen and oxygen atoms in total. The predicted octanol–water partition coefficient (Wildman–Crippen LogP) is 0.0286. The number of aliphatic carboxylic acids is 1. The van der Waals surface area contributed by atoms with E-state index in [0.29, 0.717) is 0 Å². The first-order chi connectivity index (χ1) is 7.50. The summed E-state index contributed by atoms with van der Waals surface area (Å²) in [4.78, 5) is 22.0. The third-order valence-corrected chi connectivity index (χ3v) is 2.85. The second kappa shape index (κ2) is 5.69. The largest absolute Gasteiger partial charge is 0.480 e. The molecule has 2 unspecified atom stereocenters. The standard InChI is InChI=1S/C10H19N3O3/c1-6(9(14)15)12-10(16)13-8-5-3-2-4-7(8)11/h6-8H,2-5,11H2,1H3,(H,14,15)(H2,12,13,16)/t6-,7?,8?/m1/s1. The van der Waals surface area contributed by atoms with Crippen molar-refractivity contribution in [3.05, 3.63) is 0 Å². The SMILES string of the molecule is C[C@@H](NC(=O)NC1CCCCC1N)C(=O)O. The smallest absolute Gasteiger partial charge is 0.325 e. The lowest BCUT2D eigenvalue weighted by Gasteiger charge is -2.29. The number of carbonyl (C=O) groups excluding carboxylic acids is 1. The van der Waals surface area contributed by atoms with Gasteiger partial charge in [-0.1, -0.05) is 12.8 Å². The van der Waals surface area contributed by atoms with Crippen LogP contribution in [0.1, 0.15) is 32.6 Å². The van der Waals surface area contributed by atoms with Crippen molar-refractivity contribution >= 4 is 12.0 Å². The Morgan fingerprint density at radius 1 is 1.38 bits per heavy atom. The summed E-state index contributed by atoms with van der Waals surface area (Å²) in [7, 11) is 0. The van der Waals surface area contributed by atoms with Crippen molar-refractivity contribution in [3.63, 3.8) is 0 Å². The number of nitrogens with one attached hydrogen (secondary N) is 2. The Bertz CT molecular complexity index is 270. The van der Waals surface area contributed by atoms with E-state index in [2.05, 4.69) is 10.6 Å². The second-order valence-corrected chi connectivity index (χ2v) is 4.23. The van der Waals surface area contributed by atoms with Crippen molar-refractivity contribution in [3.8, 4) is 0 Å². The number of carboxylic acid groups (broad SMARTS) is 1. The highest BCUT2D eigenvalue weighted by Gasteiger charge is 2.24. The van der Waals surface area contributed by atoms with Crippen LogP contribution in [0.15, 0.2) is 0 Å². The summed E-state index contributed by atoms with van der Waals surface area (Å²) >= 11 is 0. The number of hydrogen-bond acceptors (Lipinski definition) is 3. The summed E-state index contributed by atoms with van der Waals surface area (Å²) in [6.07, 6.45) is 3.90. The number of carboxylic acids is 1. The van der Waals surface area contributed by atoms with Gasteiger partial charge < -0.3 is 21.5 Å². The molecule has 0 aliphatic heterocycles. The Morgan fingerprint density at radius 3 is 2.56 bits per heavy atom. The molecule has 1 saturated carbocycles. The van der Waals surface area contributed by atoms with Crippen molar-refractivity contribution in [1.82, 2.24) is 10.6 Å². The summed E-state index contributed by atoms with van der Waals surface area (Å²) in [5, 5.41) is 13.7. The number of rotatable bonds is 3. The van der Waals surface area contributed by atoms with E-state index in [-0.39, 0.29) is 12.1 Å². The van der Waals surface area contributed by atoms with Gasteiger partial charge in [0.05, 0.1) is 0 Å². The second-order valence-electron chi connectivity index (χ2n) is 4.23. The van der Waals surface area contributed by atoms with Crippen LogP contribution in [0.5, 0.6) is 0 Å². The third kappa shape index (κ3) is 3.69. The fourth-order valence-corrected chi connectivity index (χ4v) is 1.81. The van der Waals surface area contributed by atoms with Gasteiger partial charge in [0, 0.05) is 12.1 Å².